The number of benzene rings is 1. The lowest BCUT2D eigenvalue weighted by Gasteiger charge is -2.23. The largest absolute Gasteiger partial charge is 0.465 e. The van der Waals surface area contributed by atoms with Gasteiger partial charge in [-0.25, -0.2) is 0 Å². The van der Waals surface area contributed by atoms with Crippen molar-refractivity contribution in [2.75, 3.05) is 13.2 Å². The highest BCUT2D eigenvalue weighted by molar-refractivity contribution is 5.82. The summed E-state index contributed by atoms with van der Waals surface area (Å²) in [5.41, 5.74) is 0.999. The Bertz CT molecular complexity index is 496. The molecule has 120 valence electrons. The van der Waals surface area contributed by atoms with Crippen molar-refractivity contribution < 1.29 is 14.3 Å². The van der Waals surface area contributed by atoms with E-state index in [2.05, 4.69) is 0 Å². The standard InChI is InChI=1S/C18H25NO3/c1-4-9-15(3)12-17(20)19(14-18(21)22-5-2)13-16-10-7-6-8-11-16/h4,6-11,15H,5,12-14H2,1-3H3/b9-4+. The maximum atomic E-state index is 12.5. The first-order valence-electron chi connectivity index (χ1n) is 7.67. The van der Waals surface area contributed by atoms with Crippen molar-refractivity contribution in [3.05, 3.63) is 48.0 Å². The Labute approximate surface area is 132 Å². The molecule has 0 aliphatic heterocycles. The van der Waals surface area contributed by atoms with Gasteiger partial charge >= 0.3 is 5.97 Å². The summed E-state index contributed by atoms with van der Waals surface area (Å²) >= 11 is 0. The fraction of sp³-hybridized carbons (Fsp3) is 0.444. The third kappa shape index (κ3) is 6.57. The molecule has 1 amide bonds. The Kier molecular flexibility index (Phi) is 7.97. The third-order valence-electron chi connectivity index (χ3n) is 3.21. The van der Waals surface area contributed by atoms with Gasteiger partial charge in [0.1, 0.15) is 6.54 Å². The first-order valence-corrected chi connectivity index (χ1v) is 7.67. The normalized spacial score (nSPS) is 12.1. The molecule has 0 aromatic heterocycles. The summed E-state index contributed by atoms with van der Waals surface area (Å²) in [5, 5.41) is 0. The van der Waals surface area contributed by atoms with Gasteiger partial charge in [0.05, 0.1) is 6.61 Å². The van der Waals surface area contributed by atoms with E-state index < -0.39 is 0 Å². The highest BCUT2D eigenvalue weighted by Crippen LogP contribution is 2.11. The van der Waals surface area contributed by atoms with Crippen molar-refractivity contribution in [1.29, 1.82) is 0 Å². The van der Waals surface area contributed by atoms with E-state index in [9.17, 15) is 9.59 Å². The van der Waals surface area contributed by atoms with Gasteiger partial charge in [0, 0.05) is 13.0 Å². The predicted octanol–water partition coefficient (Wildman–Crippen LogP) is 3.18. The lowest BCUT2D eigenvalue weighted by molar-refractivity contribution is -0.149. The quantitative estimate of drug-likeness (QED) is 0.547. The third-order valence-corrected chi connectivity index (χ3v) is 3.21. The van der Waals surface area contributed by atoms with E-state index in [0.29, 0.717) is 19.6 Å². The molecule has 0 saturated heterocycles. The summed E-state index contributed by atoms with van der Waals surface area (Å²) < 4.78 is 4.97. The minimum atomic E-state index is -0.370. The predicted molar refractivity (Wildman–Crippen MR) is 87.1 cm³/mol. The molecule has 0 saturated carbocycles. The van der Waals surface area contributed by atoms with Crippen LogP contribution >= 0.6 is 0 Å². The van der Waals surface area contributed by atoms with Crippen LogP contribution in [0.15, 0.2) is 42.5 Å². The van der Waals surface area contributed by atoms with Crippen LogP contribution in [-0.2, 0) is 20.9 Å². The molecule has 1 aromatic carbocycles. The van der Waals surface area contributed by atoms with Gasteiger partial charge in [-0.15, -0.1) is 0 Å². The Morgan fingerprint density at radius 1 is 1.27 bits per heavy atom. The van der Waals surface area contributed by atoms with Crippen molar-refractivity contribution >= 4 is 11.9 Å². The van der Waals surface area contributed by atoms with Gasteiger partial charge < -0.3 is 9.64 Å². The molecule has 0 N–H and O–H groups in total. The molecule has 0 bridgehead atoms. The number of hydrogen-bond donors (Lipinski definition) is 0. The van der Waals surface area contributed by atoms with Gasteiger partial charge in [0.15, 0.2) is 0 Å². The molecule has 1 unspecified atom stereocenters. The molecule has 0 aliphatic rings. The summed E-state index contributed by atoms with van der Waals surface area (Å²) in [6.07, 6.45) is 4.31. The molecule has 0 radical (unpaired) electrons. The van der Waals surface area contributed by atoms with E-state index in [-0.39, 0.29) is 24.3 Å². The molecular weight excluding hydrogens is 278 g/mol. The average molecular weight is 303 g/mol. The molecule has 4 heteroatoms. The molecular formula is C18H25NO3. The highest BCUT2D eigenvalue weighted by Gasteiger charge is 2.19. The molecule has 0 fully saturated rings. The maximum Gasteiger partial charge on any atom is 0.325 e. The van der Waals surface area contributed by atoms with E-state index in [0.717, 1.165) is 5.56 Å². The Morgan fingerprint density at radius 3 is 2.55 bits per heavy atom. The summed E-state index contributed by atoms with van der Waals surface area (Å²) in [6, 6.07) is 9.66. The molecule has 0 heterocycles. The lowest BCUT2D eigenvalue weighted by Crippen LogP contribution is -2.36. The van der Waals surface area contributed by atoms with Gasteiger partial charge in [0.2, 0.25) is 5.91 Å². The van der Waals surface area contributed by atoms with Crippen LogP contribution < -0.4 is 0 Å². The van der Waals surface area contributed by atoms with Gasteiger partial charge in [-0.3, -0.25) is 9.59 Å². The van der Waals surface area contributed by atoms with E-state index in [4.69, 9.17) is 4.74 Å². The fourth-order valence-corrected chi connectivity index (χ4v) is 2.20. The van der Waals surface area contributed by atoms with E-state index in [1.165, 1.54) is 0 Å². The zero-order valence-electron chi connectivity index (χ0n) is 13.6. The zero-order chi connectivity index (χ0) is 16.4. The number of rotatable bonds is 8. The van der Waals surface area contributed by atoms with Crippen LogP contribution in [-0.4, -0.2) is 29.9 Å². The summed E-state index contributed by atoms with van der Waals surface area (Å²) in [4.78, 5) is 25.7. The number of hydrogen-bond acceptors (Lipinski definition) is 3. The number of carbonyl (C=O) groups excluding carboxylic acids is 2. The van der Waals surface area contributed by atoms with E-state index in [1.54, 1.807) is 11.8 Å². The monoisotopic (exact) mass is 303 g/mol. The van der Waals surface area contributed by atoms with Gasteiger partial charge in [-0.05, 0) is 25.3 Å². The second-order valence-corrected chi connectivity index (χ2v) is 5.25. The highest BCUT2D eigenvalue weighted by atomic mass is 16.5. The van der Waals surface area contributed by atoms with Crippen LogP contribution in [0.25, 0.3) is 0 Å². The van der Waals surface area contributed by atoms with Gasteiger partial charge in [-0.1, -0.05) is 49.4 Å². The number of allylic oxidation sites excluding steroid dienone is 2. The van der Waals surface area contributed by atoms with Crippen molar-refractivity contribution in [3.8, 4) is 0 Å². The SMILES string of the molecule is C/C=C/C(C)CC(=O)N(CC(=O)OCC)Cc1ccccc1. The number of esters is 1. The molecule has 0 aliphatic carbocycles. The maximum absolute atomic E-state index is 12.5. The van der Waals surface area contributed by atoms with Crippen LogP contribution in [0.1, 0.15) is 32.8 Å². The number of nitrogens with zero attached hydrogens (tertiary/aromatic N) is 1. The second-order valence-electron chi connectivity index (χ2n) is 5.25. The van der Waals surface area contributed by atoms with E-state index in [1.807, 2.05) is 56.3 Å². The van der Waals surface area contributed by atoms with Crippen LogP contribution in [0.2, 0.25) is 0 Å². The first kappa shape index (κ1) is 18.0. The minimum Gasteiger partial charge on any atom is -0.465 e. The Balaban J connectivity index is 2.76. The second kappa shape index (κ2) is 9.77. The molecule has 22 heavy (non-hydrogen) atoms. The van der Waals surface area contributed by atoms with Crippen molar-refractivity contribution in [2.24, 2.45) is 5.92 Å². The summed E-state index contributed by atoms with van der Waals surface area (Å²) in [7, 11) is 0. The van der Waals surface area contributed by atoms with Crippen LogP contribution in [0.5, 0.6) is 0 Å². The smallest absolute Gasteiger partial charge is 0.325 e. The van der Waals surface area contributed by atoms with Crippen molar-refractivity contribution in [3.63, 3.8) is 0 Å². The fourth-order valence-electron chi connectivity index (χ4n) is 2.20. The average Bonchev–Trinajstić information content (AvgIpc) is 2.48. The summed E-state index contributed by atoms with van der Waals surface area (Å²) in [6.45, 7) is 6.41. The topological polar surface area (TPSA) is 46.6 Å². The molecule has 1 rings (SSSR count). The first-order chi connectivity index (χ1) is 10.6. The Hall–Kier alpha value is -2.10. The Morgan fingerprint density at radius 2 is 1.95 bits per heavy atom. The van der Waals surface area contributed by atoms with Crippen LogP contribution in [0.3, 0.4) is 0 Å². The number of ether oxygens (including phenoxy) is 1. The molecule has 1 aromatic rings. The number of carbonyl (C=O) groups is 2. The zero-order valence-corrected chi connectivity index (χ0v) is 13.6. The summed E-state index contributed by atoms with van der Waals surface area (Å²) in [5.74, 6) is -0.258. The molecule has 0 spiro atoms. The lowest BCUT2D eigenvalue weighted by atomic mass is 10.1. The van der Waals surface area contributed by atoms with E-state index >= 15 is 0 Å². The molecule has 4 nitrogen and oxygen atoms in total. The molecule has 1 atom stereocenters. The van der Waals surface area contributed by atoms with Gasteiger partial charge in [-0.2, -0.15) is 0 Å². The van der Waals surface area contributed by atoms with Crippen LogP contribution in [0.4, 0.5) is 0 Å². The minimum absolute atomic E-state index is 0.00979. The van der Waals surface area contributed by atoms with Crippen LogP contribution in [0, 0.1) is 5.92 Å². The van der Waals surface area contributed by atoms with Crippen molar-refractivity contribution in [1.82, 2.24) is 4.90 Å². The van der Waals surface area contributed by atoms with Crippen molar-refractivity contribution in [2.45, 2.75) is 33.7 Å². The van der Waals surface area contributed by atoms with Gasteiger partial charge in [0.25, 0.3) is 0 Å². The number of amides is 1.